The first-order chi connectivity index (χ1) is 7.65. The van der Waals surface area contributed by atoms with Gasteiger partial charge in [0.1, 0.15) is 5.75 Å². The van der Waals surface area contributed by atoms with E-state index in [1.807, 2.05) is 33.0 Å². The average molecular weight is 221 g/mol. The van der Waals surface area contributed by atoms with Gasteiger partial charge < -0.3 is 21.1 Å². The molecular weight excluding hydrogens is 202 g/mol. The Labute approximate surface area is 95.5 Å². The predicted octanol–water partition coefficient (Wildman–Crippen LogP) is 2.83. The van der Waals surface area contributed by atoms with Gasteiger partial charge in [0.05, 0.1) is 22.3 Å². The van der Waals surface area contributed by atoms with Crippen molar-refractivity contribution >= 4 is 22.3 Å². The fourth-order valence-electron chi connectivity index (χ4n) is 1.62. The minimum Gasteiger partial charge on any atom is -0.505 e. The number of aryl methyl sites for hydroxylation is 1. The molecule has 0 spiro atoms. The number of anilines is 2. The molecule has 4 heteroatoms. The summed E-state index contributed by atoms with van der Waals surface area (Å²) in [5.74, 6) is 0.144. The third-order valence-corrected chi connectivity index (χ3v) is 2.46. The molecule has 0 atom stereocenters. The Hall–Kier alpha value is -1.84. The number of benzene rings is 1. The largest absolute Gasteiger partial charge is 0.505 e. The van der Waals surface area contributed by atoms with Crippen molar-refractivity contribution in [3.63, 3.8) is 0 Å². The fourth-order valence-corrected chi connectivity index (χ4v) is 1.62. The topological polar surface area (TPSA) is 74.1 Å². The molecule has 0 fully saturated rings. The molecule has 0 radical (unpaired) electrons. The maximum atomic E-state index is 9.85. The molecule has 0 amide bonds. The van der Waals surface area contributed by atoms with Gasteiger partial charge in [-0.1, -0.05) is 13.8 Å². The molecule has 0 aliphatic heterocycles. The molecule has 0 saturated carbocycles. The van der Waals surface area contributed by atoms with Crippen LogP contribution in [0.2, 0.25) is 0 Å². The Morgan fingerprint density at radius 2 is 2.00 bits per heavy atom. The van der Waals surface area contributed by atoms with Crippen molar-refractivity contribution in [1.29, 1.82) is 0 Å². The number of nitrogens with two attached hydrogens (primary N) is 1. The van der Waals surface area contributed by atoms with E-state index in [9.17, 15) is 5.11 Å². The summed E-state index contributed by atoms with van der Waals surface area (Å²) >= 11 is 0. The quantitative estimate of drug-likeness (QED) is 0.442. The number of fused-ring (bicyclic) bond motifs is 1. The number of nitrogen functional groups attached to an aromatic ring is 1. The zero-order chi connectivity index (χ0) is 12.3. The van der Waals surface area contributed by atoms with Crippen molar-refractivity contribution in [2.75, 3.05) is 18.1 Å². The summed E-state index contributed by atoms with van der Waals surface area (Å²) in [4.78, 5) is 3.07. The summed E-state index contributed by atoms with van der Waals surface area (Å²) in [6, 6.07) is 1.92. The molecule has 0 saturated heterocycles. The van der Waals surface area contributed by atoms with Crippen LogP contribution in [-0.2, 0) is 0 Å². The molecule has 4 nitrogen and oxygen atoms in total. The van der Waals surface area contributed by atoms with E-state index in [-0.39, 0.29) is 5.75 Å². The summed E-state index contributed by atoms with van der Waals surface area (Å²) in [5, 5.41) is 13.6. The smallest absolute Gasteiger partial charge is 0.150 e. The number of aromatic nitrogens is 1. The van der Waals surface area contributed by atoms with Crippen LogP contribution >= 0.6 is 0 Å². The number of H-pyrrole nitrogens is 1. The monoisotopic (exact) mass is 221 g/mol. The Morgan fingerprint density at radius 1 is 1.38 bits per heavy atom. The molecule has 16 heavy (non-hydrogen) atoms. The highest BCUT2D eigenvalue weighted by Crippen LogP contribution is 2.37. The first kappa shape index (κ1) is 12.2. The second-order valence-electron chi connectivity index (χ2n) is 3.33. The number of phenolic OH excluding ortho intramolecular Hbond substituents is 1. The highest BCUT2D eigenvalue weighted by molar-refractivity contribution is 6.01. The molecule has 1 aromatic carbocycles. The molecule has 2 rings (SSSR count). The van der Waals surface area contributed by atoms with Gasteiger partial charge in [-0.05, 0) is 18.6 Å². The number of rotatable bonds is 1. The molecule has 5 N–H and O–H groups in total. The van der Waals surface area contributed by atoms with Crippen LogP contribution in [0.15, 0.2) is 12.3 Å². The number of aromatic hydroxyl groups is 1. The van der Waals surface area contributed by atoms with E-state index in [0.717, 1.165) is 22.2 Å². The minimum atomic E-state index is 0.144. The van der Waals surface area contributed by atoms with E-state index in [1.165, 1.54) is 0 Å². The average Bonchev–Trinajstić information content (AvgIpc) is 2.71. The first-order valence-corrected chi connectivity index (χ1v) is 5.42. The maximum absolute atomic E-state index is 9.85. The van der Waals surface area contributed by atoms with E-state index in [0.29, 0.717) is 5.69 Å². The standard InChI is InChI=1S/C10H13N3O.C2H6/c1-5-3-6-8(10(14)9(5)11)7(12-2)4-13-6;1-2/h3-4,12-14H,11H2,1-2H3;1-2H3. The van der Waals surface area contributed by atoms with Crippen LogP contribution < -0.4 is 11.1 Å². The van der Waals surface area contributed by atoms with Crippen molar-refractivity contribution in [3.05, 3.63) is 17.8 Å². The van der Waals surface area contributed by atoms with Crippen LogP contribution in [0.25, 0.3) is 10.9 Å². The molecule has 0 aliphatic carbocycles. The second-order valence-corrected chi connectivity index (χ2v) is 3.33. The summed E-state index contributed by atoms with van der Waals surface area (Å²) in [6.45, 7) is 5.87. The molecule has 0 unspecified atom stereocenters. The van der Waals surface area contributed by atoms with E-state index >= 15 is 0 Å². The van der Waals surface area contributed by atoms with Crippen molar-refractivity contribution in [3.8, 4) is 5.75 Å². The second kappa shape index (κ2) is 4.79. The summed E-state index contributed by atoms with van der Waals surface area (Å²) in [7, 11) is 1.80. The predicted molar refractivity (Wildman–Crippen MR) is 70.0 cm³/mol. The first-order valence-electron chi connectivity index (χ1n) is 5.42. The zero-order valence-electron chi connectivity index (χ0n) is 10.2. The fraction of sp³-hybridized carbons (Fsp3) is 0.333. The molecule has 0 aliphatic rings. The lowest BCUT2D eigenvalue weighted by molar-refractivity contribution is 0.484. The van der Waals surface area contributed by atoms with Crippen molar-refractivity contribution in [2.24, 2.45) is 0 Å². The van der Waals surface area contributed by atoms with E-state index in [2.05, 4.69) is 10.3 Å². The Morgan fingerprint density at radius 3 is 2.56 bits per heavy atom. The van der Waals surface area contributed by atoms with Crippen LogP contribution in [-0.4, -0.2) is 17.1 Å². The minimum absolute atomic E-state index is 0.144. The number of aromatic amines is 1. The van der Waals surface area contributed by atoms with Crippen molar-refractivity contribution in [1.82, 2.24) is 4.98 Å². The molecular formula is C12H19N3O. The van der Waals surface area contributed by atoms with E-state index < -0.39 is 0 Å². The van der Waals surface area contributed by atoms with Crippen LogP contribution in [0.4, 0.5) is 11.4 Å². The molecule has 1 heterocycles. The van der Waals surface area contributed by atoms with E-state index in [4.69, 9.17) is 5.73 Å². The summed E-state index contributed by atoms with van der Waals surface area (Å²) in [5.41, 5.74) is 8.79. The lowest BCUT2D eigenvalue weighted by Crippen LogP contribution is -1.92. The van der Waals surface area contributed by atoms with Crippen LogP contribution in [0.3, 0.4) is 0 Å². The summed E-state index contributed by atoms with van der Waals surface area (Å²) < 4.78 is 0. The lowest BCUT2D eigenvalue weighted by Gasteiger charge is -2.06. The Kier molecular flexibility index (Phi) is 3.66. The van der Waals surface area contributed by atoms with Gasteiger partial charge in [-0.15, -0.1) is 0 Å². The van der Waals surface area contributed by atoms with Gasteiger partial charge in [0, 0.05) is 13.2 Å². The van der Waals surface area contributed by atoms with Gasteiger partial charge >= 0.3 is 0 Å². The molecule has 0 bridgehead atoms. The van der Waals surface area contributed by atoms with Gasteiger partial charge in [0.25, 0.3) is 0 Å². The highest BCUT2D eigenvalue weighted by Gasteiger charge is 2.11. The van der Waals surface area contributed by atoms with Gasteiger partial charge in [0.15, 0.2) is 0 Å². The molecule has 2 aromatic rings. The lowest BCUT2D eigenvalue weighted by atomic mass is 10.1. The number of hydrogen-bond donors (Lipinski definition) is 4. The normalized spacial score (nSPS) is 9.75. The number of phenols is 1. The van der Waals surface area contributed by atoms with Crippen molar-refractivity contribution in [2.45, 2.75) is 20.8 Å². The van der Waals surface area contributed by atoms with Crippen LogP contribution in [0.1, 0.15) is 19.4 Å². The Balaban J connectivity index is 0.000000606. The third-order valence-electron chi connectivity index (χ3n) is 2.46. The van der Waals surface area contributed by atoms with E-state index in [1.54, 1.807) is 7.05 Å². The number of hydrogen-bond acceptors (Lipinski definition) is 3. The maximum Gasteiger partial charge on any atom is 0.150 e. The van der Waals surface area contributed by atoms with Crippen LogP contribution in [0, 0.1) is 6.92 Å². The van der Waals surface area contributed by atoms with Crippen molar-refractivity contribution < 1.29 is 5.11 Å². The molecule has 1 aromatic heterocycles. The zero-order valence-corrected chi connectivity index (χ0v) is 10.2. The van der Waals surface area contributed by atoms with Gasteiger partial charge in [-0.2, -0.15) is 0 Å². The highest BCUT2D eigenvalue weighted by atomic mass is 16.3. The third kappa shape index (κ3) is 1.78. The van der Waals surface area contributed by atoms with Crippen LogP contribution in [0.5, 0.6) is 5.75 Å². The molecule has 88 valence electrons. The summed E-state index contributed by atoms with van der Waals surface area (Å²) in [6.07, 6.45) is 1.81. The SMILES string of the molecule is CC.CNc1c[nH]c2cc(C)c(N)c(O)c12. The van der Waals surface area contributed by atoms with Gasteiger partial charge in [-0.3, -0.25) is 0 Å². The number of nitrogens with one attached hydrogen (secondary N) is 2. The van der Waals surface area contributed by atoms with Gasteiger partial charge in [0.2, 0.25) is 0 Å². The Bertz CT molecular complexity index is 488. The van der Waals surface area contributed by atoms with Gasteiger partial charge in [-0.25, -0.2) is 0 Å².